The highest BCUT2D eigenvalue weighted by molar-refractivity contribution is 7.18. The Hall–Kier alpha value is -3.97. The summed E-state index contributed by atoms with van der Waals surface area (Å²) in [6.45, 7) is 1.35. The topological polar surface area (TPSA) is 55.0 Å². The number of hydrogen-bond donors (Lipinski definition) is 0. The molecule has 4 nitrogen and oxygen atoms in total. The van der Waals surface area contributed by atoms with Gasteiger partial charge in [0, 0.05) is 16.5 Å². The molecule has 4 rings (SSSR count). The van der Waals surface area contributed by atoms with Crippen molar-refractivity contribution in [3.05, 3.63) is 98.8 Å². The molecule has 0 unspecified atom stereocenters. The second-order valence-electron chi connectivity index (χ2n) is 7.90. The quantitative estimate of drug-likeness (QED) is 0.275. The molecule has 0 aliphatic carbocycles. The average molecular weight is 516 g/mol. The van der Waals surface area contributed by atoms with Crippen molar-refractivity contribution < 1.29 is 26.7 Å². The van der Waals surface area contributed by atoms with E-state index < -0.39 is 41.0 Å². The van der Waals surface area contributed by atoms with Crippen molar-refractivity contribution >= 4 is 11.3 Å². The molecular formula is C26H17F5N2O2S. The van der Waals surface area contributed by atoms with Crippen molar-refractivity contribution in [3.8, 4) is 32.8 Å². The van der Waals surface area contributed by atoms with E-state index in [-0.39, 0.29) is 11.3 Å². The third-order valence-corrected chi connectivity index (χ3v) is 6.76. The van der Waals surface area contributed by atoms with Gasteiger partial charge in [0.15, 0.2) is 0 Å². The fourth-order valence-corrected chi connectivity index (χ4v) is 4.85. The molecule has 0 aliphatic rings. The number of hydrogen-bond acceptors (Lipinski definition) is 4. The molecule has 36 heavy (non-hydrogen) atoms. The summed E-state index contributed by atoms with van der Waals surface area (Å²) >= 11 is 1.13. The van der Waals surface area contributed by atoms with Crippen LogP contribution in [0.1, 0.15) is 22.3 Å². The van der Waals surface area contributed by atoms with Crippen LogP contribution in [-0.4, -0.2) is 11.7 Å². The van der Waals surface area contributed by atoms with Crippen molar-refractivity contribution in [1.82, 2.24) is 4.57 Å². The smallest absolute Gasteiger partial charge is 0.417 e. The predicted molar refractivity (Wildman–Crippen MR) is 126 cm³/mol. The summed E-state index contributed by atoms with van der Waals surface area (Å²) in [5.74, 6) is -1.13. The van der Waals surface area contributed by atoms with Crippen molar-refractivity contribution in [1.29, 1.82) is 5.26 Å². The van der Waals surface area contributed by atoms with Gasteiger partial charge in [-0.25, -0.2) is 8.78 Å². The molecule has 184 valence electrons. The van der Waals surface area contributed by atoms with E-state index in [4.69, 9.17) is 4.74 Å². The number of halogens is 5. The fraction of sp³-hybridized carbons (Fsp3) is 0.154. The van der Waals surface area contributed by atoms with Gasteiger partial charge in [-0.2, -0.15) is 18.4 Å². The summed E-state index contributed by atoms with van der Waals surface area (Å²) in [6, 6.07) is 13.4. The maximum atomic E-state index is 14.4. The van der Waals surface area contributed by atoms with Crippen LogP contribution in [0, 0.1) is 29.9 Å². The van der Waals surface area contributed by atoms with E-state index in [1.807, 2.05) is 13.0 Å². The van der Waals surface area contributed by atoms with Crippen molar-refractivity contribution in [2.45, 2.75) is 19.6 Å². The normalized spacial score (nSPS) is 11.4. The van der Waals surface area contributed by atoms with Gasteiger partial charge in [0.2, 0.25) is 0 Å². The fourth-order valence-electron chi connectivity index (χ4n) is 3.82. The van der Waals surface area contributed by atoms with Crippen LogP contribution in [0.25, 0.3) is 21.0 Å². The highest BCUT2D eigenvalue weighted by Gasteiger charge is 2.36. The average Bonchev–Trinajstić information content (AvgIpc) is 3.31. The van der Waals surface area contributed by atoms with E-state index in [0.717, 1.165) is 45.2 Å². The summed E-state index contributed by atoms with van der Waals surface area (Å²) in [7, 11) is 1.54. The maximum Gasteiger partial charge on any atom is 0.417 e. The molecular weight excluding hydrogens is 499 g/mol. The SMILES string of the molecule is COc1ccc(-c2ccc(-c3cc(C(F)(F)F)c(C#N)c(=O)n3Cc3ccc(F)cc3F)s2)cc1C. The van der Waals surface area contributed by atoms with Crippen LogP contribution in [-0.2, 0) is 12.7 Å². The minimum atomic E-state index is -4.97. The minimum Gasteiger partial charge on any atom is -0.496 e. The summed E-state index contributed by atoms with van der Waals surface area (Å²) in [5, 5.41) is 9.33. The number of thiophene rings is 1. The van der Waals surface area contributed by atoms with Crippen molar-refractivity contribution in [2.24, 2.45) is 0 Å². The number of pyridine rings is 1. The van der Waals surface area contributed by atoms with Crippen LogP contribution in [0.4, 0.5) is 22.0 Å². The van der Waals surface area contributed by atoms with Gasteiger partial charge in [-0.05, 0) is 60.5 Å². The van der Waals surface area contributed by atoms with Gasteiger partial charge in [-0.15, -0.1) is 11.3 Å². The first-order valence-electron chi connectivity index (χ1n) is 10.5. The number of alkyl halides is 3. The molecule has 0 fully saturated rings. The first kappa shape index (κ1) is 25.1. The van der Waals surface area contributed by atoms with Gasteiger partial charge in [0.1, 0.15) is 29.0 Å². The zero-order valence-electron chi connectivity index (χ0n) is 18.9. The van der Waals surface area contributed by atoms with Crippen LogP contribution < -0.4 is 10.3 Å². The van der Waals surface area contributed by atoms with E-state index in [2.05, 4.69) is 0 Å². The van der Waals surface area contributed by atoms with Crippen LogP contribution >= 0.6 is 11.3 Å². The van der Waals surface area contributed by atoms with Gasteiger partial charge in [0.25, 0.3) is 5.56 Å². The van der Waals surface area contributed by atoms with Crippen molar-refractivity contribution in [3.63, 3.8) is 0 Å². The number of ether oxygens (including phenoxy) is 1. The Morgan fingerprint density at radius 2 is 1.75 bits per heavy atom. The van der Waals surface area contributed by atoms with Crippen LogP contribution in [0.2, 0.25) is 0 Å². The van der Waals surface area contributed by atoms with Gasteiger partial charge in [-0.1, -0.05) is 6.07 Å². The first-order chi connectivity index (χ1) is 17.0. The molecule has 2 heterocycles. The molecule has 0 amide bonds. The molecule has 2 aromatic carbocycles. The Morgan fingerprint density at radius 1 is 1.03 bits per heavy atom. The molecule has 0 radical (unpaired) electrons. The zero-order chi connectivity index (χ0) is 26.2. The zero-order valence-corrected chi connectivity index (χ0v) is 19.7. The molecule has 10 heteroatoms. The van der Waals surface area contributed by atoms with Crippen LogP contribution in [0.15, 0.2) is 59.4 Å². The highest BCUT2D eigenvalue weighted by atomic mass is 32.1. The maximum absolute atomic E-state index is 14.4. The number of aromatic nitrogens is 1. The highest BCUT2D eigenvalue weighted by Crippen LogP contribution is 2.39. The molecule has 0 saturated carbocycles. The Labute approximate surface area is 206 Å². The van der Waals surface area contributed by atoms with Crippen LogP contribution in [0.3, 0.4) is 0 Å². The molecule has 0 bridgehead atoms. The molecule has 0 saturated heterocycles. The lowest BCUT2D eigenvalue weighted by molar-refractivity contribution is -0.137. The lowest BCUT2D eigenvalue weighted by Gasteiger charge is -2.17. The second kappa shape index (κ2) is 9.59. The summed E-state index contributed by atoms with van der Waals surface area (Å²) in [6.07, 6.45) is -4.97. The summed E-state index contributed by atoms with van der Waals surface area (Å²) < 4.78 is 75.2. The Balaban J connectivity index is 1.91. The Morgan fingerprint density at radius 3 is 2.36 bits per heavy atom. The largest absolute Gasteiger partial charge is 0.496 e. The third-order valence-electron chi connectivity index (χ3n) is 5.60. The van der Waals surface area contributed by atoms with Gasteiger partial charge in [0.05, 0.1) is 29.8 Å². The van der Waals surface area contributed by atoms with E-state index in [1.165, 1.54) is 13.2 Å². The van der Waals surface area contributed by atoms with Gasteiger partial charge < -0.3 is 9.30 Å². The number of rotatable bonds is 5. The molecule has 2 aromatic heterocycles. The number of nitriles is 1. The molecule has 0 aliphatic heterocycles. The lowest BCUT2D eigenvalue weighted by Crippen LogP contribution is -2.28. The molecule has 4 aromatic rings. The Kier molecular flexibility index (Phi) is 6.69. The number of aryl methyl sites for hydroxylation is 1. The van der Waals surface area contributed by atoms with E-state index in [9.17, 15) is 32.0 Å². The van der Waals surface area contributed by atoms with Gasteiger partial charge in [-0.3, -0.25) is 4.79 Å². The number of nitrogens with zero attached hydrogens (tertiary/aromatic N) is 2. The van der Waals surface area contributed by atoms with Crippen molar-refractivity contribution in [2.75, 3.05) is 7.11 Å². The lowest BCUT2D eigenvalue weighted by atomic mass is 10.1. The van der Waals surface area contributed by atoms with E-state index in [1.54, 1.807) is 24.3 Å². The number of methoxy groups -OCH3 is 1. The van der Waals surface area contributed by atoms with Crippen LogP contribution in [0.5, 0.6) is 5.75 Å². The van der Waals surface area contributed by atoms with Gasteiger partial charge >= 0.3 is 6.18 Å². The molecule has 0 N–H and O–H groups in total. The summed E-state index contributed by atoms with van der Waals surface area (Å²) in [5.41, 5.74) is -2.32. The predicted octanol–water partition coefficient (Wildman–Crippen LogP) is 6.78. The molecule has 0 atom stereocenters. The third kappa shape index (κ3) is 4.75. The van der Waals surface area contributed by atoms with E-state index >= 15 is 0 Å². The first-order valence-corrected chi connectivity index (χ1v) is 11.3. The standard InChI is InChI=1S/C26H17F5N2O2S/c1-14-9-15(4-6-22(14)35-2)23-7-8-24(36-23)21-11-19(26(29,30)31)18(12-32)25(34)33(21)13-16-3-5-17(27)10-20(16)28/h3-11H,13H2,1-2H3. The molecule has 0 spiro atoms. The number of benzene rings is 2. The van der Waals surface area contributed by atoms with E-state index in [0.29, 0.717) is 21.6 Å². The minimum absolute atomic E-state index is 0.119. The monoisotopic (exact) mass is 516 g/mol. The Bertz CT molecular complexity index is 1560. The summed E-state index contributed by atoms with van der Waals surface area (Å²) in [4.78, 5) is 14.1. The second-order valence-corrected chi connectivity index (χ2v) is 8.99.